The molecule has 2 heterocycles. The molecule has 5 nitrogen and oxygen atoms in total. The number of carbonyl (C=O) groups is 1. The number of anilines is 1. The topological polar surface area (TPSA) is 60.9 Å². The lowest BCUT2D eigenvalue weighted by Crippen LogP contribution is -2.43. The maximum absolute atomic E-state index is 11.0. The van der Waals surface area contributed by atoms with E-state index in [1.165, 1.54) is 11.3 Å². The van der Waals surface area contributed by atoms with Gasteiger partial charge in [-0.1, -0.05) is 6.07 Å². The van der Waals surface area contributed by atoms with E-state index in [4.69, 9.17) is 5.11 Å². The number of thiophene rings is 1. The highest BCUT2D eigenvalue weighted by atomic mass is 32.1. The van der Waals surface area contributed by atoms with Crippen molar-refractivity contribution >= 4 is 39.0 Å². The molecule has 1 saturated heterocycles. The fraction of sp³-hybridized carbons (Fsp3) is 0.267. The number of hydrogen-bond acceptors (Lipinski definition) is 5. The third kappa shape index (κ3) is 2.51. The van der Waals surface area contributed by atoms with Crippen LogP contribution < -0.4 is 4.90 Å². The van der Waals surface area contributed by atoms with E-state index in [0.29, 0.717) is 17.1 Å². The summed E-state index contributed by atoms with van der Waals surface area (Å²) in [5.74, 6) is 1.09. The monoisotopic (exact) mass is 302 g/mol. The van der Waals surface area contributed by atoms with Gasteiger partial charge in [0, 0.05) is 30.5 Å². The van der Waals surface area contributed by atoms with Crippen molar-refractivity contribution in [3.63, 3.8) is 0 Å². The molecular weight excluding hydrogens is 288 g/mol. The standard InChI is InChI=1S/C15H14N2O3S/c1-16-4-5-17(8-12(16)9-18)11-3-2-10-6-14(15(19)20)21-13(10)7-11/h2-3,6-7H,4-5,8H2,1H3,(H,19,20). The molecule has 0 aliphatic carbocycles. The van der Waals surface area contributed by atoms with Crippen molar-refractivity contribution in [2.75, 3.05) is 31.6 Å². The Labute approximate surface area is 125 Å². The molecule has 1 aromatic heterocycles. The van der Waals surface area contributed by atoms with Gasteiger partial charge in [-0.3, -0.25) is 0 Å². The van der Waals surface area contributed by atoms with Gasteiger partial charge in [-0.15, -0.1) is 11.3 Å². The average molecular weight is 302 g/mol. The maximum Gasteiger partial charge on any atom is 0.345 e. The molecule has 1 aromatic carbocycles. The van der Waals surface area contributed by atoms with E-state index in [1.807, 2.05) is 36.1 Å². The average Bonchev–Trinajstić information content (AvgIpc) is 2.91. The van der Waals surface area contributed by atoms with Gasteiger partial charge in [0.25, 0.3) is 0 Å². The molecule has 108 valence electrons. The summed E-state index contributed by atoms with van der Waals surface area (Å²) in [4.78, 5) is 26.3. The molecule has 0 unspecified atom stereocenters. The Morgan fingerprint density at radius 1 is 1.33 bits per heavy atom. The van der Waals surface area contributed by atoms with Crippen LogP contribution in [0.15, 0.2) is 30.0 Å². The van der Waals surface area contributed by atoms with Gasteiger partial charge >= 0.3 is 5.97 Å². The number of piperazine rings is 1. The minimum absolute atomic E-state index is 0.342. The van der Waals surface area contributed by atoms with Gasteiger partial charge < -0.3 is 14.9 Å². The summed E-state index contributed by atoms with van der Waals surface area (Å²) < 4.78 is 0.945. The van der Waals surface area contributed by atoms with Crippen LogP contribution >= 0.6 is 11.3 Å². The van der Waals surface area contributed by atoms with E-state index in [9.17, 15) is 9.59 Å². The SMILES string of the molecule is CN1CCN(c2ccc3cc(C(=O)O)sc3c2)CC1=C=O. The molecule has 0 spiro atoms. The summed E-state index contributed by atoms with van der Waals surface area (Å²) in [6.45, 7) is 2.13. The van der Waals surface area contributed by atoms with Gasteiger partial charge in [0.15, 0.2) is 0 Å². The minimum atomic E-state index is -0.900. The van der Waals surface area contributed by atoms with Crippen molar-refractivity contribution in [1.29, 1.82) is 0 Å². The number of carboxylic acids is 1. The Bertz CT molecular complexity index is 761. The highest BCUT2D eigenvalue weighted by Crippen LogP contribution is 2.30. The largest absolute Gasteiger partial charge is 0.477 e. The van der Waals surface area contributed by atoms with Gasteiger partial charge in [-0.2, -0.15) is 0 Å². The molecule has 1 aliphatic rings. The first kappa shape index (κ1) is 13.7. The van der Waals surface area contributed by atoms with Gasteiger partial charge in [-0.05, 0) is 23.6 Å². The number of nitrogens with zero attached hydrogens (tertiary/aromatic N) is 2. The smallest absolute Gasteiger partial charge is 0.345 e. The van der Waals surface area contributed by atoms with Crippen molar-refractivity contribution in [2.24, 2.45) is 0 Å². The fourth-order valence-corrected chi connectivity index (χ4v) is 3.37. The molecule has 0 atom stereocenters. The number of rotatable bonds is 2. The lowest BCUT2D eigenvalue weighted by molar-refractivity contribution is 0.0702. The summed E-state index contributed by atoms with van der Waals surface area (Å²) >= 11 is 1.27. The number of fused-ring (bicyclic) bond motifs is 1. The van der Waals surface area contributed by atoms with Crippen LogP contribution in [0, 0.1) is 0 Å². The Morgan fingerprint density at radius 2 is 2.14 bits per heavy atom. The van der Waals surface area contributed by atoms with Crippen molar-refractivity contribution < 1.29 is 14.7 Å². The highest BCUT2D eigenvalue weighted by molar-refractivity contribution is 7.20. The second-order valence-corrected chi connectivity index (χ2v) is 6.11. The Balaban J connectivity index is 1.94. The van der Waals surface area contributed by atoms with Crippen LogP contribution in [0.25, 0.3) is 10.1 Å². The van der Waals surface area contributed by atoms with Crippen LogP contribution in [0.1, 0.15) is 9.67 Å². The molecule has 1 fully saturated rings. The maximum atomic E-state index is 11.0. The van der Waals surface area contributed by atoms with E-state index in [2.05, 4.69) is 4.90 Å². The predicted molar refractivity (Wildman–Crippen MR) is 82.8 cm³/mol. The lowest BCUT2D eigenvalue weighted by atomic mass is 10.2. The quantitative estimate of drug-likeness (QED) is 0.861. The molecule has 2 aromatic rings. The lowest BCUT2D eigenvalue weighted by Gasteiger charge is -2.35. The summed E-state index contributed by atoms with van der Waals surface area (Å²) in [6.07, 6.45) is 0. The molecule has 0 saturated carbocycles. The van der Waals surface area contributed by atoms with Crippen LogP contribution in [0.5, 0.6) is 0 Å². The van der Waals surface area contributed by atoms with E-state index >= 15 is 0 Å². The third-order valence-electron chi connectivity index (χ3n) is 3.70. The number of carbonyl (C=O) groups excluding carboxylic acids is 1. The molecular formula is C15H14N2O3S. The van der Waals surface area contributed by atoms with Gasteiger partial charge in [-0.25, -0.2) is 9.59 Å². The fourth-order valence-electron chi connectivity index (χ4n) is 2.44. The van der Waals surface area contributed by atoms with Gasteiger partial charge in [0.2, 0.25) is 0 Å². The number of aromatic carboxylic acids is 1. The minimum Gasteiger partial charge on any atom is -0.477 e. The zero-order chi connectivity index (χ0) is 15.0. The van der Waals surface area contributed by atoms with Crippen molar-refractivity contribution in [3.05, 3.63) is 34.8 Å². The molecule has 3 rings (SSSR count). The molecule has 0 amide bonds. The van der Waals surface area contributed by atoms with Crippen LogP contribution in [-0.4, -0.2) is 48.6 Å². The molecule has 21 heavy (non-hydrogen) atoms. The van der Waals surface area contributed by atoms with Crippen molar-refractivity contribution in [3.8, 4) is 0 Å². The summed E-state index contributed by atoms with van der Waals surface area (Å²) in [7, 11) is 1.89. The second kappa shape index (κ2) is 5.24. The number of benzene rings is 1. The number of hydrogen-bond donors (Lipinski definition) is 1. The van der Waals surface area contributed by atoms with Crippen LogP contribution in [0.2, 0.25) is 0 Å². The van der Waals surface area contributed by atoms with E-state index in [-0.39, 0.29) is 0 Å². The van der Waals surface area contributed by atoms with E-state index in [0.717, 1.165) is 28.9 Å². The highest BCUT2D eigenvalue weighted by Gasteiger charge is 2.20. The third-order valence-corrected chi connectivity index (χ3v) is 4.79. The van der Waals surface area contributed by atoms with Crippen LogP contribution in [0.4, 0.5) is 5.69 Å². The first-order chi connectivity index (χ1) is 10.1. The first-order valence-electron chi connectivity index (χ1n) is 6.55. The summed E-state index contributed by atoms with van der Waals surface area (Å²) in [5.41, 5.74) is 1.64. The zero-order valence-electron chi connectivity index (χ0n) is 11.5. The normalized spacial score (nSPS) is 15.4. The molecule has 1 aliphatic heterocycles. The summed E-state index contributed by atoms with van der Waals surface area (Å²) in [6, 6.07) is 7.57. The Hall–Kier alpha value is -2.30. The molecule has 1 N–H and O–H groups in total. The molecule has 0 radical (unpaired) electrons. The molecule has 6 heteroatoms. The van der Waals surface area contributed by atoms with Crippen molar-refractivity contribution in [1.82, 2.24) is 4.90 Å². The van der Waals surface area contributed by atoms with Crippen LogP contribution in [-0.2, 0) is 4.79 Å². The van der Waals surface area contributed by atoms with Crippen LogP contribution in [0.3, 0.4) is 0 Å². The zero-order valence-corrected chi connectivity index (χ0v) is 12.3. The van der Waals surface area contributed by atoms with E-state index in [1.54, 1.807) is 6.07 Å². The second-order valence-electron chi connectivity index (χ2n) is 5.03. The number of likely N-dealkylation sites (N-methyl/N-ethyl adjacent to an activating group) is 1. The summed E-state index contributed by atoms with van der Waals surface area (Å²) in [5, 5.41) is 9.98. The number of carboxylic acid groups (broad SMARTS) is 1. The van der Waals surface area contributed by atoms with E-state index < -0.39 is 5.97 Å². The Kier molecular flexibility index (Phi) is 3.41. The predicted octanol–water partition coefficient (Wildman–Crippen LogP) is 2.07. The Morgan fingerprint density at radius 3 is 2.86 bits per heavy atom. The first-order valence-corrected chi connectivity index (χ1v) is 7.37. The van der Waals surface area contributed by atoms with Gasteiger partial charge in [0.05, 0.1) is 6.54 Å². The van der Waals surface area contributed by atoms with Crippen molar-refractivity contribution in [2.45, 2.75) is 0 Å². The van der Waals surface area contributed by atoms with Gasteiger partial charge in [0.1, 0.15) is 16.5 Å². The molecule has 0 bridgehead atoms.